The molecule has 1 N–H and O–H groups in total. The van der Waals surface area contributed by atoms with E-state index in [1.54, 1.807) is 10.9 Å². The van der Waals surface area contributed by atoms with E-state index in [0.717, 1.165) is 22.3 Å². The summed E-state index contributed by atoms with van der Waals surface area (Å²) in [6.45, 7) is 3.95. The fraction of sp³-hybridized carbons (Fsp3) is 0.273. The van der Waals surface area contributed by atoms with Gasteiger partial charge in [-0.25, -0.2) is 4.68 Å². The Morgan fingerprint density at radius 1 is 1.00 bits per heavy atom. The number of hydrogen-bond acceptors (Lipinski definition) is 3. The maximum atomic E-state index is 12.4. The molecule has 0 unspecified atom stereocenters. The van der Waals surface area contributed by atoms with Gasteiger partial charge >= 0.3 is 0 Å². The van der Waals surface area contributed by atoms with Gasteiger partial charge in [0.1, 0.15) is 0 Å². The van der Waals surface area contributed by atoms with Crippen LogP contribution >= 0.6 is 15.9 Å². The summed E-state index contributed by atoms with van der Waals surface area (Å²) in [5, 5.41) is 7.23. The molecule has 1 amide bonds. The first-order chi connectivity index (χ1) is 13.7. The summed E-state index contributed by atoms with van der Waals surface area (Å²) in [6, 6.07) is 15.9. The topological polar surface area (TPSA) is 50.2 Å². The van der Waals surface area contributed by atoms with Crippen LogP contribution in [0, 0.1) is 0 Å². The van der Waals surface area contributed by atoms with Gasteiger partial charge in [0.15, 0.2) is 0 Å². The minimum atomic E-state index is -0.0747. The molecule has 0 aliphatic carbocycles. The summed E-state index contributed by atoms with van der Waals surface area (Å²) in [7, 11) is 0. The van der Waals surface area contributed by atoms with E-state index < -0.39 is 0 Å². The molecule has 1 saturated heterocycles. The molecular formula is C22H23BrN4O. The molecule has 4 rings (SSSR count). The number of rotatable bonds is 6. The first kappa shape index (κ1) is 18.9. The zero-order valence-electron chi connectivity index (χ0n) is 15.6. The Morgan fingerprint density at radius 2 is 1.68 bits per heavy atom. The molecule has 144 valence electrons. The van der Waals surface area contributed by atoms with Gasteiger partial charge in [-0.1, -0.05) is 24.3 Å². The number of benzene rings is 2. The molecule has 0 radical (unpaired) electrons. The van der Waals surface area contributed by atoms with Crippen LogP contribution in [0.25, 0.3) is 5.69 Å². The van der Waals surface area contributed by atoms with E-state index >= 15 is 0 Å². The highest BCUT2D eigenvalue weighted by molar-refractivity contribution is 9.10. The number of hydrogen-bond donors (Lipinski definition) is 1. The third-order valence-electron chi connectivity index (χ3n) is 5.03. The molecule has 1 fully saturated rings. The van der Waals surface area contributed by atoms with Crippen LogP contribution in [0.5, 0.6) is 0 Å². The second-order valence-electron chi connectivity index (χ2n) is 7.13. The minimum absolute atomic E-state index is 0.0747. The molecule has 5 nitrogen and oxygen atoms in total. The summed E-state index contributed by atoms with van der Waals surface area (Å²) in [5.41, 5.74) is 3.99. The summed E-state index contributed by atoms with van der Waals surface area (Å²) in [4.78, 5) is 14.9. The van der Waals surface area contributed by atoms with Crippen molar-refractivity contribution in [1.29, 1.82) is 0 Å². The van der Waals surface area contributed by atoms with Crippen LogP contribution in [0.1, 0.15) is 34.3 Å². The summed E-state index contributed by atoms with van der Waals surface area (Å²) in [6.07, 6.45) is 6.23. The van der Waals surface area contributed by atoms with Crippen LogP contribution < -0.4 is 5.32 Å². The molecule has 0 spiro atoms. The van der Waals surface area contributed by atoms with E-state index in [0.29, 0.717) is 12.1 Å². The van der Waals surface area contributed by atoms with Crippen molar-refractivity contribution >= 4 is 21.8 Å². The van der Waals surface area contributed by atoms with E-state index in [2.05, 4.69) is 55.5 Å². The van der Waals surface area contributed by atoms with Gasteiger partial charge in [-0.3, -0.25) is 9.69 Å². The van der Waals surface area contributed by atoms with Crippen LogP contribution in [0.3, 0.4) is 0 Å². The molecule has 0 saturated carbocycles. The quantitative estimate of drug-likeness (QED) is 0.628. The lowest BCUT2D eigenvalue weighted by molar-refractivity contribution is 0.0951. The Bertz CT molecular complexity index is 928. The zero-order valence-corrected chi connectivity index (χ0v) is 17.2. The number of carbonyl (C=O) groups excluding carboxylic acids is 1. The zero-order chi connectivity index (χ0) is 19.3. The van der Waals surface area contributed by atoms with E-state index in [9.17, 15) is 4.79 Å². The van der Waals surface area contributed by atoms with Crippen molar-refractivity contribution in [2.45, 2.75) is 25.9 Å². The molecule has 1 aromatic heterocycles. The fourth-order valence-electron chi connectivity index (χ4n) is 3.45. The van der Waals surface area contributed by atoms with Crippen molar-refractivity contribution in [3.8, 4) is 5.69 Å². The maximum absolute atomic E-state index is 12.4. The minimum Gasteiger partial charge on any atom is -0.348 e. The van der Waals surface area contributed by atoms with E-state index in [1.165, 1.54) is 31.5 Å². The molecule has 0 bridgehead atoms. The van der Waals surface area contributed by atoms with E-state index in [4.69, 9.17) is 0 Å². The molecule has 3 aromatic rings. The number of aromatic nitrogens is 2. The number of carbonyl (C=O) groups is 1. The average Bonchev–Trinajstić information content (AvgIpc) is 3.39. The summed E-state index contributed by atoms with van der Waals surface area (Å²) >= 11 is 3.39. The Balaban J connectivity index is 1.31. The number of nitrogens with zero attached hydrogens (tertiary/aromatic N) is 3. The highest BCUT2D eigenvalue weighted by atomic mass is 79.9. The molecule has 28 heavy (non-hydrogen) atoms. The number of nitrogens with one attached hydrogen (secondary N) is 1. The fourth-order valence-corrected chi connectivity index (χ4v) is 3.74. The average molecular weight is 439 g/mol. The van der Waals surface area contributed by atoms with Crippen LogP contribution in [0.15, 0.2) is 65.4 Å². The first-order valence-electron chi connectivity index (χ1n) is 9.56. The van der Waals surface area contributed by atoms with Crippen LogP contribution in [0.4, 0.5) is 0 Å². The van der Waals surface area contributed by atoms with Crippen LogP contribution in [0.2, 0.25) is 0 Å². The van der Waals surface area contributed by atoms with Crippen molar-refractivity contribution in [3.05, 3.63) is 82.1 Å². The molecule has 1 aliphatic heterocycles. The second-order valence-corrected chi connectivity index (χ2v) is 8.05. The lowest BCUT2D eigenvalue weighted by atomic mass is 10.1. The van der Waals surface area contributed by atoms with Crippen molar-refractivity contribution in [3.63, 3.8) is 0 Å². The van der Waals surface area contributed by atoms with Crippen molar-refractivity contribution in [2.24, 2.45) is 0 Å². The van der Waals surface area contributed by atoms with Crippen molar-refractivity contribution in [1.82, 2.24) is 20.0 Å². The van der Waals surface area contributed by atoms with Gasteiger partial charge in [0, 0.05) is 24.8 Å². The smallest absolute Gasteiger partial charge is 0.251 e. The highest BCUT2D eigenvalue weighted by Gasteiger charge is 2.11. The number of amides is 1. The van der Waals surface area contributed by atoms with Gasteiger partial charge in [0.05, 0.1) is 16.4 Å². The lowest BCUT2D eigenvalue weighted by Gasteiger charge is -2.14. The molecular weight excluding hydrogens is 416 g/mol. The third kappa shape index (κ3) is 4.69. The molecule has 0 atom stereocenters. The molecule has 6 heteroatoms. The first-order valence-corrected chi connectivity index (χ1v) is 10.4. The van der Waals surface area contributed by atoms with E-state index in [1.807, 2.05) is 30.5 Å². The molecule has 2 aromatic carbocycles. The largest absolute Gasteiger partial charge is 0.348 e. The van der Waals surface area contributed by atoms with Gasteiger partial charge < -0.3 is 5.32 Å². The van der Waals surface area contributed by atoms with Crippen molar-refractivity contribution in [2.75, 3.05) is 13.1 Å². The van der Waals surface area contributed by atoms with Crippen LogP contribution in [-0.4, -0.2) is 33.7 Å². The Kier molecular flexibility index (Phi) is 5.88. The summed E-state index contributed by atoms with van der Waals surface area (Å²) < 4.78 is 2.68. The summed E-state index contributed by atoms with van der Waals surface area (Å²) in [5.74, 6) is -0.0747. The van der Waals surface area contributed by atoms with E-state index in [-0.39, 0.29) is 5.91 Å². The maximum Gasteiger partial charge on any atom is 0.251 e. The molecule has 2 heterocycles. The SMILES string of the molecule is O=C(NCc1ccc(CN2CCCC2)cc1)c1ccc(-n2cc(Br)cn2)cc1. The van der Waals surface area contributed by atoms with Gasteiger partial charge in [-0.2, -0.15) is 5.10 Å². The Morgan fingerprint density at radius 3 is 2.32 bits per heavy atom. The number of halogens is 1. The number of likely N-dealkylation sites (tertiary alicyclic amines) is 1. The highest BCUT2D eigenvalue weighted by Crippen LogP contribution is 2.15. The third-order valence-corrected chi connectivity index (χ3v) is 5.44. The van der Waals surface area contributed by atoms with Gasteiger partial charge in [0.2, 0.25) is 0 Å². The van der Waals surface area contributed by atoms with Gasteiger partial charge in [-0.05, 0) is 77.3 Å². The monoisotopic (exact) mass is 438 g/mol. The Hall–Kier alpha value is -2.44. The predicted octanol–water partition coefficient (Wildman–Crippen LogP) is 4.16. The normalized spacial score (nSPS) is 14.3. The predicted molar refractivity (Wildman–Crippen MR) is 113 cm³/mol. The second kappa shape index (κ2) is 8.71. The van der Waals surface area contributed by atoms with Gasteiger partial charge in [0.25, 0.3) is 5.91 Å². The van der Waals surface area contributed by atoms with Crippen molar-refractivity contribution < 1.29 is 4.79 Å². The lowest BCUT2D eigenvalue weighted by Crippen LogP contribution is -2.22. The van der Waals surface area contributed by atoms with Crippen LogP contribution in [-0.2, 0) is 13.1 Å². The standard InChI is InChI=1S/C22H23BrN4O/c23-20-14-25-27(16-20)21-9-7-19(8-10-21)22(28)24-13-17-3-5-18(6-4-17)15-26-11-1-2-12-26/h3-10,14,16H,1-2,11-13,15H2,(H,24,28). The van der Waals surface area contributed by atoms with Gasteiger partial charge in [-0.15, -0.1) is 0 Å². The Labute approximate surface area is 173 Å². The molecule has 1 aliphatic rings.